The Morgan fingerprint density at radius 2 is 1.69 bits per heavy atom. The fraction of sp³-hybridized carbons (Fsp3) is 0.400. The second-order valence-corrected chi connectivity index (χ2v) is 3.91. The molecule has 2 N–H and O–H groups in total. The smallest absolute Gasteiger partial charge is 0.0639 e. The lowest BCUT2D eigenvalue weighted by atomic mass is 9.86. The number of hydrogen-bond donors (Lipinski definition) is 2. The van der Waals surface area contributed by atoms with E-state index < -0.39 is 0 Å². The highest BCUT2D eigenvalue weighted by Crippen LogP contribution is 2.28. The zero-order valence-electron chi connectivity index (χ0n) is 8.16. The van der Waals surface area contributed by atoms with E-state index in [2.05, 4.69) is 26.3 Å². The van der Waals surface area contributed by atoms with Crippen molar-refractivity contribution < 1.29 is 5.21 Å². The van der Waals surface area contributed by atoms with E-state index in [9.17, 15) is 0 Å². The van der Waals surface area contributed by atoms with Gasteiger partial charge in [0.15, 0.2) is 0 Å². The fourth-order valence-corrected chi connectivity index (χ4v) is 1.23. The predicted octanol–water partition coefficient (Wildman–Crippen LogP) is 3.21. The molecule has 0 aromatic heterocycles. The van der Waals surface area contributed by atoms with Crippen molar-refractivity contribution >= 4 is 18.1 Å². The number of nitrogens with one attached hydrogen (secondary N) is 1. The van der Waals surface area contributed by atoms with E-state index in [1.807, 2.05) is 24.3 Å². The normalized spacial score (nSPS) is 10.5. The van der Waals surface area contributed by atoms with E-state index in [1.54, 1.807) is 0 Å². The lowest BCUT2D eigenvalue weighted by molar-refractivity contribution is 0.386. The molecule has 0 fully saturated rings. The molecule has 1 aromatic carbocycles. The third-order valence-electron chi connectivity index (χ3n) is 1.86. The number of rotatable bonds is 1. The Kier molecular flexibility index (Phi) is 4.24. The van der Waals surface area contributed by atoms with E-state index in [4.69, 9.17) is 5.21 Å². The van der Waals surface area contributed by atoms with Crippen molar-refractivity contribution in [3.63, 3.8) is 0 Å². The fourth-order valence-electron chi connectivity index (χ4n) is 1.23. The Labute approximate surface area is 85.3 Å². The topological polar surface area (TPSA) is 32.3 Å². The van der Waals surface area contributed by atoms with Crippen molar-refractivity contribution in [3.8, 4) is 0 Å². The molecule has 3 heteroatoms. The molecule has 0 amide bonds. The zero-order chi connectivity index (χ0) is 9.19. The molecule has 1 rings (SSSR count). The minimum Gasteiger partial charge on any atom is -0.291 e. The van der Waals surface area contributed by atoms with Crippen LogP contribution in [0.4, 0.5) is 5.69 Å². The van der Waals surface area contributed by atoms with Gasteiger partial charge in [-0.15, -0.1) is 12.4 Å². The summed E-state index contributed by atoms with van der Waals surface area (Å²) in [6.07, 6.45) is 0. The van der Waals surface area contributed by atoms with E-state index in [-0.39, 0.29) is 17.8 Å². The molecule has 0 heterocycles. The highest BCUT2D eigenvalue weighted by Gasteiger charge is 2.16. The first-order chi connectivity index (χ1) is 5.55. The van der Waals surface area contributed by atoms with Crippen LogP contribution in [0.2, 0.25) is 0 Å². The van der Waals surface area contributed by atoms with Crippen LogP contribution in [-0.4, -0.2) is 5.21 Å². The number of para-hydroxylation sites is 1. The van der Waals surface area contributed by atoms with E-state index in [0.29, 0.717) is 0 Å². The van der Waals surface area contributed by atoms with Crippen LogP contribution in [0.25, 0.3) is 0 Å². The lowest BCUT2D eigenvalue weighted by Crippen LogP contribution is -2.13. The number of benzene rings is 1. The first kappa shape index (κ1) is 12.3. The molecule has 1 aromatic rings. The Morgan fingerprint density at radius 1 is 1.15 bits per heavy atom. The van der Waals surface area contributed by atoms with Crippen LogP contribution in [0, 0.1) is 0 Å². The van der Waals surface area contributed by atoms with Crippen LogP contribution >= 0.6 is 12.4 Å². The number of anilines is 1. The molecule has 13 heavy (non-hydrogen) atoms. The van der Waals surface area contributed by atoms with Gasteiger partial charge < -0.3 is 0 Å². The van der Waals surface area contributed by atoms with Crippen LogP contribution < -0.4 is 5.48 Å². The molecule has 0 spiro atoms. The minimum absolute atomic E-state index is 0. The van der Waals surface area contributed by atoms with E-state index in [0.717, 1.165) is 11.3 Å². The van der Waals surface area contributed by atoms with Gasteiger partial charge in [-0.05, 0) is 17.0 Å². The molecular formula is C10H16ClNO. The summed E-state index contributed by atoms with van der Waals surface area (Å²) < 4.78 is 0. The summed E-state index contributed by atoms with van der Waals surface area (Å²) in [4.78, 5) is 0. The Balaban J connectivity index is 0.00000144. The first-order valence-electron chi connectivity index (χ1n) is 4.05. The van der Waals surface area contributed by atoms with Crippen LogP contribution in [0.1, 0.15) is 26.3 Å². The SMILES string of the molecule is CC(C)(C)c1ccccc1NO.Cl. The maximum Gasteiger partial charge on any atom is 0.0639 e. The minimum atomic E-state index is 0. The highest BCUT2D eigenvalue weighted by molar-refractivity contribution is 5.85. The molecule has 0 aliphatic carbocycles. The molecule has 0 aliphatic rings. The third kappa shape index (κ3) is 2.90. The average Bonchev–Trinajstić information content (AvgIpc) is 2.03. The lowest BCUT2D eigenvalue weighted by Gasteiger charge is -2.21. The zero-order valence-corrected chi connectivity index (χ0v) is 8.98. The molecule has 0 saturated heterocycles. The van der Waals surface area contributed by atoms with Gasteiger partial charge in [0.2, 0.25) is 0 Å². The van der Waals surface area contributed by atoms with Crippen molar-refractivity contribution in [2.45, 2.75) is 26.2 Å². The average molecular weight is 202 g/mol. The van der Waals surface area contributed by atoms with Gasteiger partial charge in [-0.2, -0.15) is 0 Å². The quantitative estimate of drug-likeness (QED) is 0.684. The molecule has 2 nitrogen and oxygen atoms in total. The van der Waals surface area contributed by atoms with Crippen LogP contribution in [-0.2, 0) is 5.41 Å². The third-order valence-corrected chi connectivity index (χ3v) is 1.86. The summed E-state index contributed by atoms with van der Waals surface area (Å²) in [5.41, 5.74) is 4.16. The molecule has 0 atom stereocenters. The summed E-state index contributed by atoms with van der Waals surface area (Å²) in [5.74, 6) is 0. The summed E-state index contributed by atoms with van der Waals surface area (Å²) in [6.45, 7) is 6.34. The van der Waals surface area contributed by atoms with Crippen molar-refractivity contribution in [3.05, 3.63) is 29.8 Å². The summed E-state index contributed by atoms with van der Waals surface area (Å²) in [7, 11) is 0. The van der Waals surface area contributed by atoms with Gasteiger partial charge in [0, 0.05) is 0 Å². The van der Waals surface area contributed by atoms with Crippen LogP contribution in [0.5, 0.6) is 0 Å². The van der Waals surface area contributed by atoms with Gasteiger partial charge in [0.25, 0.3) is 0 Å². The molecule has 0 saturated carbocycles. The molecule has 74 valence electrons. The molecular weight excluding hydrogens is 186 g/mol. The van der Waals surface area contributed by atoms with Crippen molar-refractivity contribution in [1.82, 2.24) is 0 Å². The van der Waals surface area contributed by atoms with Gasteiger partial charge in [-0.3, -0.25) is 10.7 Å². The van der Waals surface area contributed by atoms with E-state index in [1.165, 1.54) is 0 Å². The summed E-state index contributed by atoms with van der Waals surface area (Å²) in [6, 6.07) is 7.74. The Bertz CT molecular complexity index is 268. The van der Waals surface area contributed by atoms with Gasteiger partial charge in [-0.1, -0.05) is 39.0 Å². The highest BCUT2D eigenvalue weighted by atomic mass is 35.5. The van der Waals surface area contributed by atoms with Gasteiger partial charge >= 0.3 is 0 Å². The molecule has 0 radical (unpaired) electrons. The standard InChI is InChI=1S/C10H15NO.ClH/c1-10(2,3)8-6-4-5-7-9(8)11-12;/h4-7,11-12H,1-3H3;1H. The Hall–Kier alpha value is -0.730. The maximum atomic E-state index is 8.83. The van der Waals surface area contributed by atoms with Gasteiger partial charge in [0.05, 0.1) is 5.69 Å². The summed E-state index contributed by atoms with van der Waals surface area (Å²) in [5, 5.41) is 8.83. The number of hydrogen-bond acceptors (Lipinski definition) is 2. The van der Waals surface area contributed by atoms with E-state index >= 15 is 0 Å². The Morgan fingerprint density at radius 3 is 2.08 bits per heavy atom. The monoisotopic (exact) mass is 201 g/mol. The molecule has 0 aliphatic heterocycles. The van der Waals surface area contributed by atoms with Crippen LogP contribution in [0.3, 0.4) is 0 Å². The van der Waals surface area contributed by atoms with Crippen LogP contribution in [0.15, 0.2) is 24.3 Å². The summed E-state index contributed by atoms with van der Waals surface area (Å²) >= 11 is 0. The largest absolute Gasteiger partial charge is 0.291 e. The maximum absolute atomic E-state index is 8.83. The van der Waals surface area contributed by atoms with Crippen molar-refractivity contribution in [1.29, 1.82) is 0 Å². The molecule has 0 unspecified atom stereocenters. The number of halogens is 1. The van der Waals surface area contributed by atoms with Crippen molar-refractivity contribution in [2.75, 3.05) is 5.48 Å². The molecule has 0 bridgehead atoms. The first-order valence-corrected chi connectivity index (χ1v) is 4.05. The van der Waals surface area contributed by atoms with Gasteiger partial charge in [-0.25, -0.2) is 0 Å². The van der Waals surface area contributed by atoms with Gasteiger partial charge in [0.1, 0.15) is 0 Å². The second-order valence-electron chi connectivity index (χ2n) is 3.91. The second kappa shape index (κ2) is 4.49. The van der Waals surface area contributed by atoms with Crippen molar-refractivity contribution in [2.24, 2.45) is 0 Å². The predicted molar refractivity (Wildman–Crippen MR) is 57.8 cm³/mol.